The lowest BCUT2D eigenvalue weighted by Gasteiger charge is -2.17. The van der Waals surface area contributed by atoms with Crippen LogP contribution in [0.3, 0.4) is 0 Å². The molecule has 0 spiro atoms. The SMILES string of the molecule is [C-]#[N+]c1ccccc1OC(CBr)OCC. The summed E-state index contributed by atoms with van der Waals surface area (Å²) in [5.74, 6) is 0.561. The fourth-order valence-electron chi connectivity index (χ4n) is 1.09. The van der Waals surface area contributed by atoms with E-state index in [9.17, 15) is 0 Å². The van der Waals surface area contributed by atoms with Crippen LogP contribution in [0.15, 0.2) is 24.3 Å². The maximum atomic E-state index is 6.98. The second kappa shape index (κ2) is 6.44. The van der Waals surface area contributed by atoms with Gasteiger partial charge in [0.1, 0.15) is 5.75 Å². The van der Waals surface area contributed by atoms with Crippen LogP contribution in [0.2, 0.25) is 0 Å². The molecule has 0 saturated carbocycles. The Bertz CT molecular complexity index is 349. The van der Waals surface area contributed by atoms with E-state index in [1.54, 1.807) is 12.1 Å². The van der Waals surface area contributed by atoms with Crippen molar-refractivity contribution in [2.45, 2.75) is 13.2 Å². The Morgan fingerprint density at radius 1 is 1.47 bits per heavy atom. The number of hydrogen-bond acceptors (Lipinski definition) is 2. The van der Waals surface area contributed by atoms with Gasteiger partial charge in [0.05, 0.1) is 11.9 Å². The summed E-state index contributed by atoms with van der Waals surface area (Å²) in [7, 11) is 0. The van der Waals surface area contributed by atoms with E-state index in [0.717, 1.165) is 0 Å². The van der Waals surface area contributed by atoms with Gasteiger partial charge in [0.15, 0.2) is 0 Å². The van der Waals surface area contributed by atoms with Crippen molar-refractivity contribution in [2.75, 3.05) is 11.9 Å². The van der Waals surface area contributed by atoms with Crippen LogP contribution in [0.4, 0.5) is 5.69 Å². The molecule has 1 aromatic rings. The van der Waals surface area contributed by atoms with Crippen molar-refractivity contribution in [3.63, 3.8) is 0 Å². The van der Waals surface area contributed by atoms with E-state index in [1.807, 2.05) is 19.1 Å². The minimum absolute atomic E-state index is 0.349. The Labute approximate surface area is 98.0 Å². The average molecular weight is 270 g/mol. The molecule has 15 heavy (non-hydrogen) atoms. The van der Waals surface area contributed by atoms with Crippen LogP contribution in [0.5, 0.6) is 5.75 Å². The average Bonchev–Trinajstić information content (AvgIpc) is 2.29. The lowest BCUT2D eigenvalue weighted by molar-refractivity contribution is -0.0565. The fraction of sp³-hybridized carbons (Fsp3) is 0.364. The number of halogens is 1. The molecule has 0 amide bonds. The first kappa shape index (κ1) is 12.0. The van der Waals surface area contributed by atoms with E-state index in [4.69, 9.17) is 16.0 Å². The van der Waals surface area contributed by atoms with Gasteiger partial charge in [0.25, 0.3) is 0 Å². The van der Waals surface area contributed by atoms with Gasteiger partial charge in [-0.25, -0.2) is 4.85 Å². The van der Waals surface area contributed by atoms with Gasteiger partial charge in [-0.2, -0.15) is 0 Å². The standard InChI is InChI=1S/C11H12BrNO2/c1-3-14-11(8-12)15-10-7-5-4-6-9(10)13-2/h4-7,11H,3,8H2,1H3. The lowest BCUT2D eigenvalue weighted by atomic mass is 10.3. The first-order chi connectivity index (χ1) is 7.31. The molecule has 0 aliphatic heterocycles. The molecule has 3 nitrogen and oxygen atoms in total. The highest BCUT2D eigenvalue weighted by atomic mass is 79.9. The Kier molecular flexibility index (Phi) is 5.16. The molecule has 0 heterocycles. The molecule has 0 aliphatic rings. The van der Waals surface area contributed by atoms with Gasteiger partial charge < -0.3 is 9.47 Å². The number of ether oxygens (including phenoxy) is 2. The Balaban J connectivity index is 2.74. The molecule has 0 aliphatic carbocycles. The molecule has 0 radical (unpaired) electrons. The van der Waals surface area contributed by atoms with Crippen molar-refractivity contribution in [1.82, 2.24) is 0 Å². The van der Waals surface area contributed by atoms with Crippen molar-refractivity contribution in [3.8, 4) is 5.75 Å². The van der Waals surface area contributed by atoms with Gasteiger partial charge in [0, 0.05) is 6.61 Å². The number of para-hydroxylation sites is 2. The largest absolute Gasteiger partial charge is 0.475 e. The minimum Gasteiger partial charge on any atom is -0.475 e. The van der Waals surface area contributed by atoms with Gasteiger partial charge in [0.2, 0.25) is 12.0 Å². The Morgan fingerprint density at radius 3 is 2.80 bits per heavy atom. The topological polar surface area (TPSA) is 22.8 Å². The molecule has 4 heteroatoms. The van der Waals surface area contributed by atoms with E-state index in [-0.39, 0.29) is 6.29 Å². The van der Waals surface area contributed by atoms with Crippen LogP contribution in [-0.4, -0.2) is 18.2 Å². The number of hydrogen-bond donors (Lipinski definition) is 0. The predicted molar refractivity (Wildman–Crippen MR) is 62.5 cm³/mol. The van der Waals surface area contributed by atoms with Crippen LogP contribution in [0.25, 0.3) is 4.85 Å². The number of rotatable bonds is 5. The van der Waals surface area contributed by atoms with E-state index >= 15 is 0 Å². The maximum Gasteiger partial charge on any atom is 0.228 e. The van der Waals surface area contributed by atoms with E-state index in [0.29, 0.717) is 23.4 Å². The lowest BCUT2D eigenvalue weighted by Crippen LogP contribution is -2.22. The zero-order valence-corrected chi connectivity index (χ0v) is 10.0. The van der Waals surface area contributed by atoms with Crippen molar-refractivity contribution in [3.05, 3.63) is 35.7 Å². The molecule has 1 atom stereocenters. The fourth-order valence-corrected chi connectivity index (χ4v) is 1.41. The molecule has 0 aromatic heterocycles. The van der Waals surface area contributed by atoms with E-state index < -0.39 is 0 Å². The minimum atomic E-state index is -0.349. The van der Waals surface area contributed by atoms with Crippen LogP contribution in [0, 0.1) is 6.57 Å². The van der Waals surface area contributed by atoms with Crippen molar-refractivity contribution >= 4 is 21.6 Å². The number of nitrogens with zero attached hydrogens (tertiary/aromatic N) is 1. The Hall–Kier alpha value is -1.05. The zero-order chi connectivity index (χ0) is 11.1. The molecule has 0 saturated heterocycles. The first-order valence-electron chi connectivity index (χ1n) is 4.62. The van der Waals surface area contributed by atoms with Crippen LogP contribution < -0.4 is 4.74 Å². The third-order valence-corrected chi connectivity index (χ3v) is 2.25. The van der Waals surface area contributed by atoms with Crippen molar-refractivity contribution in [1.29, 1.82) is 0 Å². The van der Waals surface area contributed by atoms with Crippen molar-refractivity contribution in [2.24, 2.45) is 0 Å². The molecular weight excluding hydrogens is 258 g/mol. The highest BCUT2D eigenvalue weighted by molar-refractivity contribution is 9.09. The summed E-state index contributed by atoms with van der Waals surface area (Å²) in [6, 6.07) is 7.13. The maximum absolute atomic E-state index is 6.98. The highest BCUT2D eigenvalue weighted by Gasteiger charge is 2.10. The second-order valence-corrected chi connectivity index (χ2v) is 3.38. The van der Waals surface area contributed by atoms with Crippen LogP contribution in [0.1, 0.15) is 6.92 Å². The van der Waals surface area contributed by atoms with Gasteiger partial charge >= 0.3 is 0 Å². The molecule has 1 unspecified atom stereocenters. The predicted octanol–water partition coefficient (Wildman–Crippen LogP) is 3.37. The molecule has 1 rings (SSSR count). The monoisotopic (exact) mass is 269 g/mol. The van der Waals surface area contributed by atoms with Gasteiger partial charge in [-0.15, -0.1) is 0 Å². The second-order valence-electron chi connectivity index (χ2n) is 2.74. The highest BCUT2D eigenvalue weighted by Crippen LogP contribution is 2.27. The van der Waals surface area contributed by atoms with Gasteiger partial charge in [-0.3, -0.25) is 0 Å². The summed E-state index contributed by atoms with van der Waals surface area (Å²) in [5, 5.41) is 0.577. The van der Waals surface area contributed by atoms with E-state index in [1.165, 1.54) is 0 Å². The van der Waals surface area contributed by atoms with Crippen molar-refractivity contribution < 1.29 is 9.47 Å². The molecule has 0 fully saturated rings. The first-order valence-corrected chi connectivity index (χ1v) is 5.74. The molecular formula is C11H12BrNO2. The summed E-state index contributed by atoms with van der Waals surface area (Å²) >= 11 is 3.29. The molecule has 80 valence electrons. The smallest absolute Gasteiger partial charge is 0.228 e. The van der Waals surface area contributed by atoms with Crippen LogP contribution >= 0.6 is 15.9 Å². The van der Waals surface area contributed by atoms with Gasteiger partial charge in [-0.1, -0.05) is 34.1 Å². The quantitative estimate of drug-likeness (QED) is 0.465. The normalized spacial score (nSPS) is 11.8. The third-order valence-electron chi connectivity index (χ3n) is 1.72. The summed E-state index contributed by atoms with van der Waals surface area (Å²) in [5.41, 5.74) is 0.503. The summed E-state index contributed by atoms with van der Waals surface area (Å²) < 4.78 is 10.9. The molecule has 1 aromatic carbocycles. The van der Waals surface area contributed by atoms with E-state index in [2.05, 4.69) is 20.8 Å². The number of benzene rings is 1. The molecule has 0 bridgehead atoms. The summed E-state index contributed by atoms with van der Waals surface area (Å²) in [6.07, 6.45) is -0.349. The Morgan fingerprint density at radius 2 is 2.20 bits per heavy atom. The summed E-state index contributed by atoms with van der Waals surface area (Å²) in [6.45, 7) is 9.46. The summed E-state index contributed by atoms with van der Waals surface area (Å²) in [4.78, 5) is 3.37. The molecule has 0 N–H and O–H groups in total. The third kappa shape index (κ3) is 3.54. The zero-order valence-electron chi connectivity index (χ0n) is 8.44. The number of alkyl halides is 1. The van der Waals surface area contributed by atoms with Crippen LogP contribution in [-0.2, 0) is 4.74 Å². The van der Waals surface area contributed by atoms with Gasteiger partial charge in [-0.05, 0) is 13.0 Å².